The second kappa shape index (κ2) is 7.49. The number of hydrogen-bond acceptors (Lipinski definition) is 2. The van der Waals surface area contributed by atoms with Gasteiger partial charge in [0, 0.05) is 11.6 Å². The predicted octanol–water partition coefficient (Wildman–Crippen LogP) is 4.54. The second-order valence-electron chi connectivity index (χ2n) is 5.78. The molecule has 1 N–H and O–H groups in total. The number of aryl methyl sites for hydroxylation is 1. The Balaban J connectivity index is 1.89. The van der Waals surface area contributed by atoms with E-state index in [9.17, 15) is 0 Å². The molecule has 0 saturated carbocycles. The fraction of sp³-hybridized carbons (Fsp3) is 0.556. The average Bonchev–Trinajstić information content (AvgIpc) is 2.48. The van der Waals surface area contributed by atoms with Crippen LogP contribution in [0.25, 0.3) is 0 Å². The molecule has 2 rings (SSSR count). The van der Waals surface area contributed by atoms with E-state index in [1.54, 1.807) is 12.7 Å². The molecule has 2 heteroatoms. The van der Waals surface area contributed by atoms with E-state index in [4.69, 9.17) is 4.74 Å². The van der Waals surface area contributed by atoms with E-state index in [0.29, 0.717) is 6.04 Å². The summed E-state index contributed by atoms with van der Waals surface area (Å²) in [4.78, 5) is 0. The van der Waals surface area contributed by atoms with Crippen molar-refractivity contribution in [1.29, 1.82) is 0 Å². The molecule has 2 nitrogen and oxygen atoms in total. The molecule has 110 valence electrons. The summed E-state index contributed by atoms with van der Waals surface area (Å²) in [6, 6.07) is 6.71. The van der Waals surface area contributed by atoms with Gasteiger partial charge in [-0.15, -0.1) is 0 Å². The Hall–Kier alpha value is -1.28. The largest absolute Gasteiger partial charge is 0.496 e. The molecule has 1 aromatic carbocycles. The number of nitrogens with one attached hydrogen (secondary N) is 1. The third-order valence-electron chi connectivity index (χ3n) is 4.13. The molecule has 1 aromatic rings. The lowest BCUT2D eigenvalue weighted by molar-refractivity contribution is 0.401. The highest BCUT2D eigenvalue weighted by atomic mass is 16.5. The van der Waals surface area contributed by atoms with E-state index in [0.717, 1.165) is 12.3 Å². The number of benzene rings is 1. The molecule has 0 radical (unpaired) electrons. The van der Waals surface area contributed by atoms with Gasteiger partial charge in [0.2, 0.25) is 0 Å². The predicted molar refractivity (Wildman–Crippen MR) is 85.3 cm³/mol. The van der Waals surface area contributed by atoms with Crippen molar-refractivity contribution in [3.8, 4) is 5.75 Å². The zero-order valence-corrected chi connectivity index (χ0v) is 13.0. The molecule has 1 atom stereocenters. The molecule has 0 bridgehead atoms. The van der Waals surface area contributed by atoms with Crippen LogP contribution in [0.1, 0.15) is 56.2 Å². The first-order chi connectivity index (χ1) is 9.70. The third kappa shape index (κ3) is 4.11. The van der Waals surface area contributed by atoms with Gasteiger partial charge in [-0.2, -0.15) is 0 Å². The van der Waals surface area contributed by atoms with E-state index < -0.39 is 0 Å². The summed E-state index contributed by atoms with van der Waals surface area (Å²) >= 11 is 0. The summed E-state index contributed by atoms with van der Waals surface area (Å²) in [6.07, 6.45) is 8.92. The van der Waals surface area contributed by atoms with Crippen molar-refractivity contribution in [1.82, 2.24) is 5.32 Å². The van der Waals surface area contributed by atoms with Crippen LogP contribution in [0.15, 0.2) is 29.8 Å². The minimum atomic E-state index is 0.328. The van der Waals surface area contributed by atoms with E-state index in [-0.39, 0.29) is 0 Å². The van der Waals surface area contributed by atoms with Crippen LogP contribution in [-0.2, 0) is 0 Å². The summed E-state index contributed by atoms with van der Waals surface area (Å²) in [7, 11) is 1.74. The minimum Gasteiger partial charge on any atom is -0.496 e. The van der Waals surface area contributed by atoms with E-state index in [1.807, 2.05) is 0 Å². The molecule has 0 saturated heterocycles. The first-order valence-corrected chi connectivity index (χ1v) is 7.76. The van der Waals surface area contributed by atoms with Gasteiger partial charge in [0.05, 0.1) is 7.11 Å². The lowest BCUT2D eigenvalue weighted by Crippen LogP contribution is -2.21. The zero-order chi connectivity index (χ0) is 14.4. The van der Waals surface area contributed by atoms with Gasteiger partial charge in [-0.05, 0) is 58.6 Å². The second-order valence-corrected chi connectivity index (χ2v) is 5.78. The summed E-state index contributed by atoms with van der Waals surface area (Å²) in [5, 5.41) is 3.63. The summed E-state index contributed by atoms with van der Waals surface area (Å²) in [6.45, 7) is 5.39. The first kappa shape index (κ1) is 15.1. The zero-order valence-electron chi connectivity index (χ0n) is 13.0. The van der Waals surface area contributed by atoms with Gasteiger partial charge < -0.3 is 10.1 Å². The molecule has 0 fully saturated rings. The number of hydrogen-bond donors (Lipinski definition) is 1. The quantitative estimate of drug-likeness (QED) is 0.768. The van der Waals surface area contributed by atoms with E-state index >= 15 is 0 Å². The molecule has 0 aromatic heterocycles. The van der Waals surface area contributed by atoms with Crippen LogP contribution >= 0.6 is 0 Å². The van der Waals surface area contributed by atoms with Crippen molar-refractivity contribution >= 4 is 0 Å². The maximum atomic E-state index is 5.47. The van der Waals surface area contributed by atoms with Gasteiger partial charge in [-0.25, -0.2) is 0 Å². The molecule has 0 aliphatic heterocycles. The van der Waals surface area contributed by atoms with Crippen molar-refractivity contribution in [3.05, 3.63) is 41.0 Å². The monoisotopic (exact) mass is 273 g/mol. The van der Waals surface area contributed by atoms with Crippen molar-refractivity contribution in [2.75, 3.05) is 13.7 Å². The van der Waals surface area contributed by atoms with Crippen LogP contribution in [0.4, 0.5) is 0 Å². The number of methoxy groups -OCH3 is 1. The highest BCUT2D eigenvalue weighted by Gasteiger charge is 2.11. The van der Waals surface area contributed by atoms with Crippen LogP contribution < -0.4 is 10.1 Å². The molecule has 1 aliphatic carbocycles. The Morgan fingerprint density at radius 2 is 2.15 bits per heavy atom. The van der Waals surface area contributed by atoms with E-state index in [1.165, 1.54) is 43.2 Å². The van der Waals surface area contributed by atoms with Crippen molar-refractivity contribution in [3.63, 3.8) is 0 Å². The van der Waals surface area contributed by atoms with Gasteiger partial charge >= 0.3 is 0 Å². The van der Waals surface area contributed by atoms with E-state index in [2.05, 4.69) is 43.4 Å². The molecule has 20 heavy (non-hydrogen) atoms. The number of ether oxygens (including phenoxy) is 1. The van der Waals surface area contributed by atoms with Crippen molar-refractivity contribution in [2.45, 2.75) is 52.0 Å². The molecular formula is C18H27NO. The maximum absolute atomic E-state index is 5.47. The Bertz CT molecular complexity index is 464. The SMILES string of the molecule is COc1ccc(C)cc1C(C)NCCC1=CCCCC1. The lowest BCUT2D eigenvalue weighted by Gasteiger charge is -2.19. The van der Waals surface area contributed by atoms with Gasteiger partial charge in [0.15, 0.2) is 0 Å². The smallest absolute Gasteiger partial charge is 0.123 e. The number of allylic oxidation sites excluding steroid dienone is 1. The molecular weight excluding hydrogens is 246 g/mol. The fourth-order valence-electron chi connectivity index (χ4n) is 2.88. The third-order valence-corrected chi connectivity index (χ3v) is 4.13. The molecule has 1 unspecified atom stereocenters. The minimum absolute atomic E-state index is 0.328. The Morgan fingerprint density at radius 1 is 1.30 bits per heavy atom. The average molecular weight is 273 g/mol. The Morgan fingerprint density at radius 3 is 2.85 bits per heavy atom. The summed E-state index contributed by atoms with van der Waals surface area (Å²) < 4.78 is 5.47. The summed E-state index contributed by atoms with van der Waals surface area (Å²) in [5.41, 5.74) is 4.17. The standard InChI is InChI=1S/C18H27NO/c1-14-9-10-18(20-3)17(13-14)15(2)19-12-11-16-7-5-4-6-8-16/h7,9-10,13,15,19H,4-6,8,11-12H2,1-3H3. The normalized spacial score (nSPS) is 16.6. The molecule has 1 aliphatic rings. The number of rotatable bonds is 6. The Labute approximate surface area is 123 Å². The maximum Gasteiger partial charge on any atom is 0.123 e. The van der Waals surface area contributed by atoms with Gasteiger partial charge in [0.25, 0.3) is 0 Å². The van der Waals surface area contributed by atoms with Crippen LogP contribution in [0.5, 0.6) is 5.75 Å². The summed E-state index contributed by atoms with van der Waals surface area (Å²) in [5.74, 6) is 0.979. The van der Waals surface area contributed by atoms with Gasteiger partial charge in [-0.3, -0.25) is 0 Å². The Kier molecular flexibility index (Phi) is 5.66. The van der Waals surface area contributed by atoms with Crippen LogP contribution in [0.2, 0.25) is 0 Å². The molecule has 0 amide bonds. The fourth-order valence-corrected chi connectivity index (χ4v) is 2.88. The first-order valence-electron chi connectivity index (χ1n) is 7.76. The van der Waals surface area contributed by atoms with Crippen LogP contribution in [-0.4, -0.2) is 13.7 Å². The van der Waals surface area contributed by atoms with Crippen molar-refractivity contribution in [2.24, 2.45) is 0 Å². The lowest BCUT2D eigenvalue weighted by atomic mass is 9.97. The van der Waals surface area contributed by atoms with Crippen molar-refractivity contribution < 1.29 is 4.74 Å². The van der Waals surface area contributed by atoms with Crippen LogP contribution in [0, 0.1) is 6.92 Å². The molecule has 0 spiro atoms. The van der Waals surface area contributed by atoms with Gasteiger partial charge in [0.1, 0.15) is 5.75 Å². The van der Waals surface area contributed by atoms with Gasteiger partial charge in [-0.1, -0.05) is 29.3 Å². The molecule has 0 heterocycles. The topological polar surface area (TPSA) is 21.3 Å². The highest BCUT2D eigenvalue weighted by molar-refractivity contribution is 5.38. The van der Waals surface area contributed by atoms with Crippen LogP contribution in [0.3, 0.4) is 0 Å². The highest BCUT2D eigenvalue weighted by Crippen LogP contribution is 2.26.